The van der Waals surface area contributed by atoms with Crippen LogP contribution in [0.4, 0.5) is 0 Å². The summed E-state index contributed by atoms with van der Waals surface area (Å²) in [5.41, 5.74) is 4.46. The first kappa shape index (κ1) is 28.7. The number of benzene rings is 2. The molecule has 4 heterocycles. The lowest BCUT2D eigenvalue weighted by atomic mass is 9.69. The highest BCUT2D eigenvalue weighted by molar-refractivity contribution is 6.35. The molecule has 0 unspecified atom stereocenters. The summed E-state index contributed by atoms with van der Waals surface area (Å²) in [7, 11) is 0. The van der Waals surface area contributed by atoms with Gasteiger partial charge in [0.1, 0.15) is 5.82 Å². The molecule has 7 nitrogen and oxygen atoms in total. The molecule has 1 aromatic heterocycles. The average Bonchev–Trinajstić information content (AvgIpc) is 3.27. The molecule has 2 saturated heterocycles. The van der Waals surface area contributed by atoms with Crippen molar-refractivity contribution in [3.8, 4) is 5.69 Å². The van der Waals surface area contributed by atoms with E-state index in [0.717, 1.165) is 95.4 Å². The van der Waals surface area contributed by atoms with E-state index in [-0.39, 0.29) is 16.9 Å². The topological polar surface area (TPSA) is 78.7 Å². The van der Waals surface area contributed by atoms with E-state index in [1.54, 1.807) is 6.07 Å². The molecule has 5 aliphatic rings. The Morgan fingerprint density at radius 3 is 2.45 bits per heavy atom. The van der Waals surface area contributed by atoms with Gasteiger partial charge in [-0.05, 0) is 106 Å². The van der Waals surface area contributed by atoms with E-state index in [4.69, 9.17) is 16.6 Å². The Morgan fingerprint density at radius 2 is 1.73 bits per heavy atom. The standard InChI is InChI=1S/C36H43ClN4O3/c37-29-5-4-6-31-32(29)33(42)38-35-36(15-2-1-3-16-36)28-19-26(11-12-30(28)41(31)35)24-13-17-40(18-14-24)27-21-39(22-27)20-23-7-9-25(10-8-23)34(43)44/h4-6,11-12,19,23-25,27H,1-3,7-10,13-18,20-22H2,(H,43,44). The number of hydrogen-bond acceptors (Lipinski definition) is 5. The monoisotopic (exact) mass is 614 g/mol. The summed E-state index contributed by atoms with van der Waals surface area (Å²) in [6.45, 7) is 5.75. The molecule has 8 heteroatoms. The number of carboxylic acids is 1. The number of aliphatic carboxylic acids is 1. The molecular weight excluding hydrogens is 572 g/mol. The predicted octanol–water partition coefficient (Wildman–Crippen LogP) is 6.36. The Hall–Kier alpha value is -2.74. The van der Waals surface area contributed by atoms with Gasteiger partial charge in [-0.1, -0.05) is 49.1 Å². The van der Waals surface area contributed by atoms with Crippen LogP contribution in [0.5, 0.6) is 0 Å². The number of aromatic nitrogens is 2. The third-order valence-corrected chi connectivity index (χ3v) is 12.3. The van der Waals surface area contributed by atoms with Gasteiger partial charge in [0, 0.05) is 25.7 Å². The lowest BCUT2D eigenvalue weighted by molar-refractivity contribution is -0.143. The summed E-state index contributed by atoms with van der Waals surface area (Å²) in [4.78, 5) is 34.6. The molecule has 4 fully saturated rings. The van der Waals surface area contributed by atoms with Gasteiger partial charge in [0.15, 0.2) is 0 Å². The maximum absolute atomic E-state index is 13.3. The SMILES string of the molecule is O=C(O)C1CCC(CN2CC(N3CCC(c4ccc5c(c4)C4(CCCCC4)c4nc(=O)c6c(Cl)cccc6n4-5)CC3)C2)CC1. The zero-order chi connectivity index (χ0) is 30.0. The molecule has 0 amide bonds. The molecule has 2 saturated carbocycles. The minimum absolute atomic E-state index is 0.119. The number of likely N-dealkylation sites (tertiary alicyclic amines) is 2. The van der Waals surface area contributed by atoms with Gasteiger partial charge in [-0.15, -0.1) is 0 Å². The van der Waals surface area contributed by atoms with Gasteiger partial charge < -0.3 is 5.11 Å². The van der Waals surface area contributed by atoms with Gasteiger partial charge in [-0.2, -0.15) is 4.98 Å². The quantitative estimate of drug-likeness (QED) is 0.360. The van der Waals surface area contributed by atoms with Gasteiger partial charge in [0.25, 0.3) is 5.56 Å². The molecule has 2 aromatic carbocycles. The van der Waals surface area contributed by atoms with Crippen molar-refractivity contribution in [1.82, 2.24) is 19.4 Å². The Balaban J connectivity index is 0.965. The fraction of sp³-hybridized carbons (Fsp3) is 0.583. The van der Waals surface area contributed by atoms with Crippen LogP contribution in [0.25, 0.3) is 16.6 Å². The van der Waals surface area contributed by atoms with Crippen molar-refractivity contribution in [1.29, 1.82) is 0 Å². The molecule has 232 valence electrons. The van der Waals surface area contributed by atoms with Crippen molar-refractivity contribution in [3.63, 3.8) is 0 Å². The van der Waals surface area contributed by atoms with Crippen LogP contribution < -0.4 is 5.56 Å². The van der Waals surface area contributed by atoms with Gasteiger partial charge in [0.2, 0.25) is 0 Å². The lowest BCUT2D eigenvalue weighted by Gasteiger charge is -2.49. The average molecular weight is 615 g/mol. The van der Waals surface area contributed by atoms with Gasteiger partial charge in [-0.3, -0.25) is 24.0 Å². The number of carbonyl (C=O) groups is 1. The molecule has 44 heavy (non-hydrogen) atoms. The van der Waals surface area contributed by atoms with Crippen LogP contribution in [0.1, 0.15) is 93.5 Å². The number of piperidine rings is 1. The molecule has 3 aliphatic heterocycles. The predicted molar refractivity (Wildman–Crippen MR) is 173 cm³/mol. The Bertz CT molecular complexity index is 1640. The van der Waals surface area contributed by atoms with E-state index in [1.807, 2.05) is 12.1 Å². The van der Waals surface area contributed by atoms with Crippen LogP contribution in [-0.4, -0.2) is 69.2 Å². The third-order valence-electron chi connectivity index (χ3n) is 11.9. The summed E-state index contributed by atoms with van der Waals surface area (Å²) in [6.07, 6.45) is 11.8. The molecule has 0 radical (unpaired) electrons. The van der Waals surface area contributed by atoms with E-state index in [1.165, 1.54) is 36.1 Å². The lowest BCUT2D eigenvalue weighted by Crippen LogP contribution is -2.61. The Morgan fingerprint density at radius 1 is 0.977 bits per heavy atom. The first-order valence-electron chi connectivity index (χ1n) is 17.0. The minimum atomic E-state index is -0.609. The molecule has 0 bridgehead atoms. The second-order valence-electron chi connectivity index (χ2n) is 14.4. The van der Waals surface area contributed by atoms with Gasteiger partial charge in [-0.25, -0.2) is 0 Å². The van der Waals surface area contributed by atoms with Crippen molar-refractivity contribution in [2.24, 2.45) is 11.8 Å². The minimum Gasteiger partial charge on any atom is -0.481 e. The van der Waals surface area contributed by atoms with E-state index in [0.29, 0.717) is 28.3 Å². The van der Waals surface area contributed by atoms with E-state index >= 15 is 0 Å². The molecule has 2 aliphatic carbocycles. The zero-order valence-electron chi connectivity index (χ0n) is 25.5. The highest BCUT2D eigenvalue weighted by Crippen LogP contribution is 2.52. The number of fused-ring (bicyclic) bond motifs is 7. The van der Waals surface area contributed by atoms with Crippen molar-refractivity contribution >= 4 is 28.5 Å². The third kappa shape index (κ3) is 4.73. The summed E-state index contributed by atoms with van der Waals surface area (Å²) in [6, 6.07) is 13.5. The molecule has 8 rings (SSSR count). The van der Waals surface area contributed by atoms with Crippen LogP contribution in [0.15, 0.2) is 41.2 Å². The van der Waals surface area contributed by atoms with Crippen molar-refractivity contribution in [3.05, 3.63) is 68.7 Å². The van der Waals surface area contributed by atoms with E-state index in [2.05, 4.69) is 32.6 Å². The summed E-state index contributed by atoms with van der Waals surface area (Å²) >= 11 is 6.53. The normalized spacial score (nSPS) is 26.0. The summed E-state index contributed by atoms with van der Waals surface area (Å²) < 4.78 is 2.25. The number of hydrogen-bond donors (Lipinski definition) is 1. The van der Waals surface area contributed by atoms with Gasteiger partial charge >= 0.3 is 5.97 Å². The van der Waals surface area contributed by atoms with Crippen molar-refractivity contribution < 1.29 is 9.90 Å². The van der Waals surface area contributed by atoms with Crippen LogP contribution in [-0.2, 0) is 10.2 Å². The number of halogens is 1. The zero-order valence-corrected chi connectivity index (χ0v) is 26.3. The molecule has 3 aromatic rings. The Labute approximate surface area is 264 Å². The second-order valence-corrected chi connectivity index (χ2v) is 14.8. The van der Waals surface area contributed by atoms with Crippen LogP contribution in [0.2, 0.25) is 5.02 Å². The molecule has 0 atom stereocenters. The largest absolute Gasteiger partial charge is 0.481 e. The number of nitrogens with zero attached hydrogens (tertiary/aromatic N) is 4. The van der Waals surface area contributed by atoms with Gasteiger partial charge in [0.05, 0.1) is 32.9 Å². The van der Waals surface area contributed by atoms with E-state index in [9.17, 15) is 14.7 Å². The summed E-state index contributed by atoms with van der Waals surface area (Å²) in [5.74, 6) is 1.41. The van der Waals surface area contributed by atoms with Crippen molar-refractivity contribution in [2.75, 3.05) is 32.7 Å². The molecule has 1 spiro atoms. The maximum Gasteiger partial charge on any atom is 0.306 e. The first-order valence-corrected chi connectivity index (χ1v) is 17.3. The maximum atomic E-state index is 13.3. The van der Waals surface area contributed by atoms with Crippen LogP contribution in [0, 0.1) is 11.8 Å². The number of carboxylic acid groups (broad SMARTS) is 1. The highest BCUT2D eigenvalue weighted by atomic mass is 35.5. The fourth-order valence-corrected chi connectivity index (χ4v) is 9.67. The summed E-state index contributed by atoms with van der Waals surface area (Å²) in [5, 5.41) is 10.3. The number of rotatable bonds is 5. The second kappa shape index (κ2) is 11.3. The molecular formula is C36H43ClN4O3. The Kier molecular flexibility index (Phi) is 7.34. The van der Waals surface area contributed by atoms with Crippen molar-refractivity contribution in [2.45, 2.75) is 88.0 Å². The smallest absolute Gasteiger partial charge is 0.306 e. The van der Waals surface area contributed by atoms with E-state index < -0.39 is 5.97 Å². The highest BCUT2D eigenvalue weighted by Gasteiger charge is 2.47. The van der Waals surface area contributed by atoms with Crippen LogP contribution >= 0.6 is 11.6 Å². The van der Waals surface area contributed by atoms with Crippen LogP contribution in [0.3, 0.4) is 0 Å². The first-order chi connectivity index (χ1) is 21.4. The molecule has 1 N–H and O–H groups in total. The fourth-order valence-electron chi connectivity index (χ4n) is 9.42.